The van der Waals surface area contributed by atoms with Gasteiger partial charge in [0.25, 0.3) is 0 Å². The second-order valence-electron chi connectivity index (χ2n) is 6.72. The summed E-state index contributed by atoms with van der Waals surface area (Å²) in [4.78, 5) is 12.4. The van der Waals surface area contributed by atoms with Gasteiger partial charge in [-0.1, -0.05) is 18.2 Å². The Morgan fingerprint density at radius 2 is 1.79 bits per heavy atom. The van der Waals surface area contributed by atoms with Crippen molar-refractivity contribution in [1.82, 2.24) is 5.32 Å². The Morgan fingerprint density at radius 1 is 1.07 bits per heavy atom. The maximum absolute atomic E-state index is 12.4. The Morgan fingerprint density at radius 3 is 2.38 bits per heavy atom. The number of carbonyl (C=O) groups excluding carboxylic acids is 1. The van der Waals surface area contributed by atoms with Crippen LogP contribution in [0.3, 0.4) is 0 Å². The van der Waals surface area contributed by atoms with Crippen molar-refractivity contribution in [3.8, 4) is 17.2 Å². The summed E-state index contributed by atoms with van der Waals surface area (Å²) in [6.07, 6.45) is 5.16. The van der Waals surface area contributed by atoms with Crippen LogP contribution >= 0.6 is 0 Å². The summed E-state index contributed by atoms with van der Waals surface area (Å²) in [5.41, 5.74) is 1.66. The molecule has 3 rings (SSSR count). The first-order chi connectivity index (χ1) is 14.0. The van der Waals surface area contributed by atoms with Gasteiger partial charge in [-0.3, -0.25) is 4.79 Å². The van der Waals surface area contributed by atoms with E-state index in [1.165, 1.54) is 25.3 Å². The zero-order valence-electron chi connectivity index (χ0n) is 16.2. The molecule has 0 aromatic heterocycles. The number of ether oxygens (including phenoxy) is 3. The summed E-state index contributed by atoms with van der Waals surface area (Å²) in [5.74, 6) is 1.07. The first-order valence-corrected chi connectivity index (χ1v) is 9.25. The van der Waals surface area contributed by atoms with Crippen LogP contribution in [0.15, 0.2) is 48.5 Å². The number of amides is 1. The number of benzene rings is 2. The van der Waals surface area contributed by atoms with Crippen molar-refractivity contribution < 1.29 is 27.8 Å². The number of carbonyl (C=O) groups is 1. The monoisotopic (exact) mass is 403 g/mol. The van der Waals surface area contributed by atoms with Gasteiger partial charge < -0.3 is 19.5 Å². The van der Waals surface area contributed by atoms with E-state index in [0.717, 1.165) is 24.2 Å². The van der Waals surface area contributed by atoms with Crippen LogP contribution in [0.25, 0.3) is 6.08 Å². The minimum absolute atomic E-state index is 0.0580. The third-order valence-electron chi connectivity index (χ3n) is 4.70. The summed E-state index contributed by atoms with van der Waals surface area (Å²) in [6, 6.07) is 12.1. The number of methoxy groups -OCH3 is 2. The predicted molar refractivity (Wildman–Crippen MR) is 105 cm³/mol. The van der Waals surface area contributed by atoms with Gasteiger partial charge in [-0.25, -0.2) is 0 Å². The van der Waals surface area contributed by atoms with Crippen molar-refractivity contribution in [3.63, 3.8) is 0 Å². The first kappa shape index (κ1) is 20.6. The molecule has 1 saturated carbocycles. The molecule has 2 aromatic carbocycles. The molecular weight excluding hydrogens is 380 g/mol. The third kappa shape index (κ3) is 5.70. The lowest BCUT2D eigenvalue weighted by molar-refractivity contribution is -0.117. The topological polar surface area (TPSA) is 56.8 Å². The average molecular weight is 403 g/mol. The third-order valence-corrected chi connectivity index (χ3v) is 4.70. The largest absolute Gasteiger partial charge is 0.497 e. The maximum Gasteiger partial charge on any atom is 0.387 e. The normalized spacial score (nSPS) is 14.7. The van der Waals surface area contributed by atoms with Crippen LogP contribution in [0.4, 0.5) is 8.78 Å². The summed E-state index contributed by atoms with van der Waals surface area (Å²) in [5, 5.41) is 3.05. The van der Waals surface area contributed by atoms with Gasteiger partial charge >= 0.3 is 6.61 Å². The van der Waals surface area contributed by atoms with E-state index in [2.05, 4.69) is 10.1 Å². The van der Waals surface area contributed by atoms with Crippen molar-refractivity contribution in [2.75, 3.05) is 14.2 Å². The predicted octanol–water partition coefficient (Wildman–Crippen LogP) is 4.59. The Hall–Kier alpha value is -3.09. The minimum Gasteiger partial charge on any atom is -0.497 e. The first-order valence-electron chi connectivity index (χ1n) is 9.25. The molecule has 0 spiro atoms. The van der Waals surface area contributed by atoms with Crippen molar-refractivity contribution in [3.05, 3.63) is 59.7 Å². The second-order valence-corrected chi connectivity index (χ2v) is 6.72. The molecule has 1 unspecified atom stereocenters. The molecule has 0 radical (unpaired) electrons. The van der Waals surface area contributed by atoms with Gasteiger partial charge in [0, 0.05) is 6.08 Å². The Bertz CT molecular complexity index is 864. The highest BCUT2D eigenvalue weighted by Gasteiger charge is 2.33. The fraction of sp³-hybridized carbons (Fsp3) is 0.318. The number of hydrogen-bond donors (Lipinski definition) is 1. The van der Waals surface area contributed by atoms with E-state index in [1.807, 2.05) is 24.3 Å². The van der Waals surface area contributed by atoms with Gasteiger partial charge in [-0.2, -0.15) is 8.78 Å². The summed E-state index contributed by atoms with van der Waals surface area (Å²) in [7, 11) is 2.98. The SMILES string of the molecule is COc1ccc(C(NC(=O)/C=C/c2ccc(OC(F)F)c(OC)c2)C2CC2)cc1. The van der Waals surface area contributed by atoms with Gasteiger partial charge in [-0.05, 0) is 60.2 Å². The van der Waals surface area contributed by atoms with E-state index < -0.39 is 6.61 Å². The van der Waals surface area contributed by atoms with Crippen LogP contribution in [0, 0.1) is 5.92 Å². The molecule has 0 bridgehead atoms. The van der Waals surface area contributed by atoms with Gasteiger partial charge in [0.2, 0.25) is 5.91 Å². The van der Waals surface area contributed by atoms with Crippen molar-refractivity contribution in [2.24, 2.45) is 5.92 Å². The van der Waals surface area contributed by atoms with Crippen LogP contribution in [0.5, 0.6) is 17.2 Å². The second kappa shape index (κ2) is 9.41. The molecule has 1 aliphatic rings. The van der Waals surface area contributed by atoms with E-state index in [1.54, 1.807) is 19.3 Å². The van der Waals surface area contributed by atoms with Crippen LogP contribution in [0.2, 0.25) is 0 Å². The maximum atomic E-state index is 12.4. The lowest BCUT2D eigenvalue weighted by Crippen LogP contribution is -2.28. The Balaban J connectivity index is 1.67. The smallest absolute Gasteiger partial charge is 0.387 e. The number of hydrogen-bond acceptors (Lipinski definition) is 4. The lowest BCUT2D eigenvalue weighted by atomic mass is 10.0. The minimum atomic E-state index is -2.94. The molecule has 1 fully saturated rings. The molecule has 1 amide bonds. The molecule has 5 nitrogen and oxygen atoms in total. The average Bonchev–Trinajstić information content (AvgIpc) is 3.56. The molecular formula is C22H23F2NO4. The zero-order chi connectivity index (χ0) is 20.8. The standard InChI is InChI=1S/C22H23F2NO4/c1-27-17-9-7-16(8-10-17)21(15-5-6-15)25-20(26)12-4-14-3-11-18(29-22(23)24)19(13-14)28-2/h3-4,7-13,15,21-22H,5-6H2,1-2H3,(H,25,26)/b12-4+. The van der Waals surface area contributed by atoms with Gasteiger partial charge in [0.05, 0.1) is 20.3 Å². The Labute approximate surface area is 168 Å². The number of rotatable bonds is 9. The molecule has 2 aromatic rings. The quantitative estimate of drug-likeness (QED) is 0.623. The zero-order valence-corrected chi connectivity index (χ0v) is 16.2. The van der Waals surface area contributed by atoms with Crippen LogP contribution in [-0.2, 0) is 4.79 Å². The fourth-order valence-corrected chi connectivity index (χ4v) is 3.07. The molecule has 29 heavy (non-hydrogen) atoms. The van der Waals surface area contributed by atoms with Gasteiger partial charge in [0.15, 0.2) is 11.5 Å². The highest BCUT2D eigenvalue weighted by Crippen LogP contribution is 2.41. The lowest BCUT2D eigenvalue weighted by Gasteiger charge is -2.18. The summed E-state index contributed by atoms with van der Waals surface area (Å²) < 4.78 is 39.5. The van der Waals surface area contributed by atoms with Crippen LogP contribution < -0.4 is 19.5 Å². The molecule has 1 aliphatic carbocycles. The van der Waals surface area contributed by atoms with E-state index in [0.29, 0.717) is 11.5 Å². The molecule has 0 saturated heterocycles. The molecule has 154 valence electrons. The molecule has 0 aliphatic heterocycles. The van der Waals surface area contributed by atoms with Crippen LogP contribution in [0.1, 0.15) is 30.0 Å². The molecule has 0 heterocycles. The fourth-order valence-electron chi connectivity index (χ4n) is 3.07. The van der Waals surface area contributed by atoms with Gasteiger partial charge in [0.1, 0.15) is 5.75 Å². The van der Waals surface area contributed by atoms with E-state index >= 15 is 0 Å². The number of halogens is 2. The Kier molecular flexibility index (Phi) is 6.69. The van der Waals surface area contributed by atoms with Gasteiger partial charge in [-0.15, -0.1) is 0 Å². The van der Waals surface area contributed by atoms with Crippen molar-refractivity contribution in [1.29, 1.82) is 0 Å². The highest BCUT2D eigenvalue weighted by atomic mass is 19.3. The van der Waals surface area contributed by atoms with E-state index in [4.69, 9.17) is 9.47 Å². The van der Waals surface area contributed by atoms with E-state index in [-0.39, 0.29) is 23.4 Å². The number of nitrogens with one attached hydrogen (secondary N) is 1. The summed E-state index contributed by atoms with van der Waals surface area (Å²) >= 11 is 0. The molecule has 1 atom stereocenters. The molecule has 7 heteroatoms. The van der Waals surface area contributed by atoms with Crippen molar-refractivity contribution >= 4 is 12.0 Å². The van der Waals surface area contributed by atoms with Crippen molar-refractivity contribution in [2.45, 2.75) is 25.5 Å². The van der Waals surface area contributed by atoms with Crippen LogP contribution in [-0.4, -0.2) is 26.7 Å². The summed E-state index contributed by atoms with van der Waals surface area (Å²) in [6.45, 7) is -2.94. The van der Waals surface area contributed by atoms with E-state index in [9.17, 15) is 13.6 Å². The number of alkyl halides is 2. The molecule has 1 N–H and O–H groups in total. The highest BCUT2D eigenvalue weighted by molar-refractivity contribution is 5.92.